The largest absolute Gasteiger partial charge is 0.294 e. The summed E-state index contributed by atoms with van der Waals surface area (Å²) in [6, 6.07) is 5.21. The third-order valence-electron chi connectivity index (χ3n) is 2.96. The van der Waals surface area contributed by atoms with Gasteiger partial charge in [-0.25, -0.2) is 0 Å². The first kappa shape index (κ1) is 11.0. The standard InChI is InChI=1S/C12H12Cl2O/c1-7(8-5-6-8)12(15)9-3-2-4-10(13)11(9)14/h2-4,7-8H,5-6H2,1H3. The average molecular weight is 243 g/mol. The van der Waals surface area contributed by atoms with Crippen LogP contribution in [-0.4, -0.2) is 5.78 Å². The van der Waals surface area contributed by atoms with Crippen molar-refractivity contribution in [1.82, 2.24) is 0 Å². The number of benzene rings is 1. The first-order chi connectivity index (χ1) is 7.11. The number of Topliss-reactive ketones (excluding diaryl/α,β-unsaturated/α-hetero) is 1. The van der Waals surface area contributed by atoms with Gasteiger partial charge in [0.15, 0.2) is 5.78 Å². The fourth-order valence-electron chi connectivity index (χ4n) is 1.75. The highest BCUT2D eigenvalue weighted by Gasteiger charge is 2.33. The van der Waals surface area contributed by atoms with Crippen LogP contribution in [0, 0.1) is 11.8 Å². The lowest BCUT2D eigenvalue weighted by Crippen LogP contribution is -2.13. The molecule has 0 N–H and O–H groups in total. The van der Waals surface area contributed by atoms with Gasteiger partial charge in [0.2, 0.25) is 0 Å². The molecule has 0 spiro atoms. The van der Waals surface area contributed by atoms with Crippen LogP contribution in [0.3, 0.4) is 0 Å². The molecule has 1 aromatic carbocycles. The van der Waals surface area contributed by atoms with Crippen molar-refractivity contribution in [3.63, 3.8) is 0 Å². The van der Waals surface area contributed by atoms with Gasteiger partial charge in [-0.05, 0) is 30.9 Å². The molecule has 0 heterocycles. The zero-order valence-corrected chi connectivity index (χ0v) is 9.98. The van der Waals surface area contributed by atoms with E-state index in [1.54, 1.807) is 18.2 Å². The van der Waals surface area contributed by atoms with E-state index in [9.17, 15) is 4.79 Å². The van der Waals surface area contributed by atoms with Gasteiger partial charge >= 0.3 is 0 Å². The summed E-state index contributed by atoms with van der Waals surface area (Å²) in [6.45, 7) is 1.97. The molecule has 80 valence electrons. The number of hydrogen-bond donors (Lipinski definition) is 0. The topological polar surface area (TPSA) is 17.1 Å². The van der Waals surface area contributed by atoms with E-state index in [0.29, 0.717) is 21.5 Å². The van der Waals surface area contributed by atoms with Crippen LogP contribution in [0.2, 0.25) is 10.0 Å². The Morgan fingerprint density at radius 1 is 1.40 bits per heavy atom. The van der Waals surface area contributed by atoms with E-state index in [-0.39, 0.29) is 11.7 Å². The highest BCUT2D eigenvalue weighted by atomic mass is 35.5. The van der Waals surface area contributed by atoms with Gasteiger partial charge in [0.1, 0.15) is 0 Å². The van der Waals surface area contributed by atoms with Crippen LogP contribution in [0.25, 0.3) is 0 Å². The Hall–Kier alpha value is -0.530. The molecule has 0 saturated heterocycles. The second-order valence-electron chi connectivity index (χ2n) is 4.09. The Balaban J connectivity index is 2.28. The Kier molecular flexibility index (Phi) is 3.03. The van der Waals surface area contributed by atoms with Crippen LogP contribution in [0.5, 0.6) is 0 Å². The van der Waals surface area contributed by atoms with Crippen LogP contribution in [0.4, 0.5) is 0 Å². The minimum absolute atomic E-state index is 0.0703. The van der Waals surface area contributed by atoms with Gasteiger partial charge in [0.25, 0.3) is 0 Å². The number of ketones is 1. The number of hydrogen-bond acceptors (Lipinski definition) is 1. The highest BCUT2D eigenvalue weighted by molar-refractivity contribution is 6.43. The smallest absolute Gasteiger partial charge is 0.167 e. The second kappa shape index (κ2) is 4.15. The molecule has 0 bridgehead atoms. The van der Waals surface area contributed by atoms with Crippen molar-refractivity contribution in [3.8, 4) is 0 Å². The van der Waals surface area contributed by atoms with Crippen molar-refractivity contribution in [2.24, 2.45) is 11.8 Å². The summed E-state index contributed by atoms with van der Waals surface area (Å²) in [5.41, 5.74) is 0.559. The van der Waals surface area contributed by atoms with E-state index in [4.69, 9.17) is 23.2 Å². The molecular weight excluding hydrogens is 231 g/mol. The maximum Gasteiger partial charge on any atom is 0.167 e. The van der Waals surface area contributed by atoms with Gasteiger partial charge in [-0.2, -0.15) is 0 Å². The Morgan fingerprint density at radius 3 is 2.67 bits per heavy atom. The van der Waals surface area contributed by atoms with E-state index in [2.05, 4.69) is 0 Å². The quantitative estimate of drug-likeness (QED) is 0.726. The fourth-order valence-corrected chi connectivity index (χ4v) is 2.14. The van der Waals surface area contributed by atoms with Crippen LogP contribution < -0.4 is 0 Å². The van der Waals surface area contributed by atoms with Gasteiger partial charge in [-0.3, -0.25) is 4.79 Å². The summed E-state index contributed by atoms with van der Waals surface area (Å²) < 4.78 is 0. The SMILES string of the molecule is CC(C(=O)c1cccc(Cl)c1Cl)C1CC1. The normalized spacial score (nSPS) is 17.5. The summed E-state index contributed by atoms with van der Waals surface area (Å²) in [4.78, 5) is 12.1. The maximum atomic E-state index is 12.1. The van der Waals surface area contributed by atoms with Crippen LogP contribution in [0.1, 0.15) is 30.1 Å². The van der Waals surface area contributed by atoms with Gasteiger partial charge in [-0.1, -0.05) is 36.2 Å². The lowest BCUT2D eigenvalue weighted by molar-refractivity contribution is 0.0916. The molecule has 0 aliphatic heterocycles. The highest BCUT2D eigenvalue weighted by Crippen LogP contribution is 2.39. The second-order valence-corrected chi connectivity index (χ2v) is 4.88. The molecule has 0 radical (unpaired) electrons. The number of carbonyl (C=O) groups is 1. The summed E-state index contributed by atoms with van der Waals surface area (Å²) in [6.07, 6.45) is 2.32. The number of rotatable bonds is 3. The lowest BCUT2D eigenvalue weighted by atomic mass is 9.95. The predicted octanol–water partition coefficient (Wildman–Crippen LogP) is 4.22. The molecule has 1 atom stereocenters. The van der Waals surface area contributed by atoms with E-state index in [1.807, 2.05) is 6.92 Å². The molecule has 1 nitrogen and oxygen atoms in total. The third kappa shape index (κ3) is 2.19. The molecular formula is C12H12Cl2O. The molecule has 3 heteroatoms. The molecule has 1 aliphatic rings. The Labute approximate surface area is 99.4 Å². The Morgan fingerprint density at radius 2 is 2.07 bits per heavy atom. The van der Waals surface area contributed by atoms with E-state index in [1.165, 1.54) is 0 Å². The van der Waals surface area contributed by atoms with Crippen LogP contribution in [0.15, 0.2) is 18.2 Å². The first-order valence-electron chi connectivity index (χ1n) is 5.09. The molecule has 1 saturated carbocycles. The van der Waals surface area contributed by atoms with Gasteiger partial charge in [0, 0.05) is 11.5 Å². The fraction of sp³-hybridized carbons (Fsp3) is 0.417. The lowest BCUT2D eigenvalue weighted by Gasteiger charge is -2.10. The number of carbonyl (C=O) groups excluding carboxylic acids is 1. The average Bonchev–Trinajstić information content (AvgIpc) is 3.03. The Bertz CT molecular complexity index is 397. The maximum absolute atomic E-state index is 12.1. The number of halogens is 2. The summed E-state index contributed by atoms with van der Waals surface area (Å²) in [5, 5.41) is 0.835. The van der Waals surface area contributed by atoms with Crippen molar-refractivity contribution in [2.75, 3.05) is 0 Å². The van der Waals surface area contributed by atoms with Crippen LogP contribution >= 0.6 is 23.2 Å². The monoisotopic (exact) mass is 242 g/mol. The molecule has 15 heavy (non-hydrogen) atoms. The van der Waals surface area contributed by atoms with Crippen molar-refractivity contribution in [2.45, 2.75) is 19.8 Å². The molecule has 1 aliphatic carbocycles. The molecule has 1 aromatic rings. The minimum Gasteiger partial charge on any atom is -0.294 e. The zero-order valence-electron chi connectivity index (χ0n) is 8.47. The van der Waals surface area contributed by atoms with E-state index < -0.39 is 0 Å². The molecule has 0 aromatic heterocycles. The van der Waals surface area contributed by atoms with Gasteiger partial charge in [-0.15, -0.1) is 0 Å². The van der Waals surface area contributed by atoms with Gasteiger partial charge in [0.05, 0.1) is 10.0 Å². The summed E-state index contributed by atoms with van der Waals surface area (Å²) in [7, 11) is 0. The molecule has 2 rings (SSSR count). The summed E-state index contributed by atoms with van der Waals surface area (Å²) >= 11 is 11.9. The van der Waals surface area contributed by atoms with E-state index in [0.717, 1.165) is 12.8 Å². The first-order valence-corrected chi connectivity index (χ1v) is 5.85. The van der Waals surface area contributed by atoms with E-state index >= 15 is 0 Å². The molecule has 1 fully saturated rings. The van der Waals surface area contributed by atoms with Gasteiger partial charge < -0.3 is 0 Å². The van der Waals surface area contributed by atoms with Crippen molar-refractivity contribution in [3.05, 3.63) is 33.8 Å². The van der Waals surface area contributed by atoms with Crippen LogP contribution in [-0.2, 0) is 0 Å². The summed E-state index contributed by atoms with van der Waals surface area (Å²) in [5.74, 6) is 0.735. The van der Waals surface area contributed by atoms with Crippen molar-refractivity contribution in [1.29, 1.82) is 0 Å². The molecule has 1 unspecified atom stereocenters. The molecule has 0 amide bonds. The van der Waals surface area contributed by atoms with Crippen molar-refractivity contribution >= 4 is 29.0 Å². The zero-order chi connectivity index (χ0) is 11.0. The predicted molar refractivity (Wildman–Crippen MR) is 62.7 cm³/mol. The van der Waals surface area contributed by atoms with Crippen molar-refractivity contribution < 1.29 is 4.79 Å². The minimum atomic E-state index is 0.0703. The third-order valence-corrected chi connectivity index (χ3v) is 3.78.